The zero-order valence-electron chi connectivity index (χ0n) is 20.0. The first kappa shape index (κ1) is 24.4. The van der Waals surface area contributed by atoms with Crippen molar-refractivity contribution >= 4 is 29.3 Å². The van der Waals surface area contributed by atoms with Crippen molar-refractivity contribution < 1.29 is 23.8 Å². The molecule has 10 heteroatoms. The summed E-state index contributed by atoms with van der Waals surface area (Å²) in [7, 11) is 4.44. The number of aromatic nitrogens is 3. The Hall–Kier alpha value is -3.72. The van der Waals surface area contributed by atoms with Crippen LogP contribution < -0.4 is 14.4 Å². The Balaban J connectivity index is 1.76. The number of carbonyl (C=O) groups excluding carboxylic acids is 2. The number of pyridine rings is 1. The molecule has 0 saturated carbocycles. The minimum Gasteiger partial charge on any atom is -0.497 e. The summed E-state index contributed by atoms with van der Waals surface area (Å²) in [6, 6.07) is 8.75. The van der Waals surface area contributed by atoms with Gasteiger partial charge in [0.25, 0.3) is 0 Å². The van der Waals surface area contributed by atoms with E-state index in [1.54, 1.807) is 43.5 Å². The molecule has 2 atom stereocenters. The number of benzene rings is 1. The second-order valence-corrected chi connectivity index (χ2v) is 8.68. The summed E-state index contributed by atoms with van der Waals surface area (Å²) in [6.45, 7) is 3.96. The summed E-state index contributed by atoms with van der Waals surface area (Å²) in [5.74, 6) is 0.597. The van der Waals surface area contributed by atoms with Gasteiger partial charge in [-0.2, -0.15) is 0 Å². The molecule has 0 saturated heterocycles. The molecule has 1 aliphatic rings. The van der Waals surface area contributed by atoms with E-state index in [9.17, 15) is 9.59 Å². The predicted molar refractivity (Wildman–Crippen MR) is 129 cm³/mol. The van der Waals surface area contributed by atoms with Crippen LogP contribution in [-0.2, 0) is 21.5 Å². The van der Waals surface area contributed by atoms with E-state index in [0.29, 0.717) is 22.9 Å². The lowest BCUT2D eigenvalue weighted by Gasteiger charge is -2.31. The van der Waals surface area contributed by atoms with Crippen molar-refractivity contribution in [2.24, 2.45) is 0 Å². The van der Waals surface area contributed by atoms with Crippen molar-refractivity contribution in [1.82, 2.24) is 15.0 Å². The molecule has 2 aromatic heterocycles. The van der Waals surface area contributed by atoms with Gasteiger partial charge in [0.1, 0.15) is 34.5 Å². The van der Waals surface area contributed by atoms with Crippen LogP contribution >= 0.6 is 11.6 Å². The number of hydrogen-bond donors (Lipinski definition) is 0. The molecule has 1 aromatic carbocycles. The number of anilines is 1. The van der Waals surface area contributed by atoms with Crippen LogP contribution in [0.4, 0.5) is 5.82 Å². The summed E-state index contributed by atoms with van der Waals surface area (Å²) in [5, 5.41) is 0.209. The molecule has 182 valence electrons. The average molecular weight is 497 g/mol. The highest BCUT2D eigenvalue weighted by Crippen LogP contribution is 2.51. The standard InChI is InChI=1S/C25H25ClN4O5/c1-14(15-7-9-18(27-11-15)23(31)35-5)25(2)20-21(26)28-13-29-22(20)30(24(25)32)12-16-6-8-17(33-3)10-19(16)34-4/h6-11,13-14H,12H2,1-5H3/t14-,25-/m1/s1. The molecule has 4 rings (SSSR count). The molecule has 1 aliphatic heterocycles. The van der Waals surface area contributed by atoms with E-state index in [2.05, 4.69) is 15.0 Å². The molecule has 0 spiro atoms. The Morgan fingerprint density at radius 3 is 2.51 bits per heavy atom. The maximum absolute atomic E-state index is 14.0. The van der Waals surface area contributed by atoms with Gasteiger partial charge in [-0.15, -0.1) is 0 Å². The number of esters is 1. The van der Waals surface area contributed by atoms with Gasteiger partial charge >= 0.3 is 5.97 Å². The molecule has 0 radical (unpaired) electrons. The highest BCUT2D eigenvalue weighted by Gasteiger charge is 2.54. The fraction of sp³-hybridized carbons (Fsp3) is 0.320. The molecule has 0 fully saturated rings. The minimum atomic E-state index is -1.08. The third-order valence-electron chi connectivity index (χ3n) is 6.62. The number of halogens is 1. The van der Waals surface area contributed by atoms with Gasteiger partial charge in [-0.3, -0.25) is 9.69 Å². The largest absolute Gasteiger partial charge is 0.497 e. The van der Waals surface area contributed by atoms with Gasteiger partial charge in [-0.05, 0) is 30.7 Å². The number of methoxy groups -OCH3 is 3. The summed E-state index contributed by atoms with van der Waals surface area (Å²) < 4.78 is 15.5. The monoisotopic (exact) mass is 496 g/mol. The molecule has 9 nitrogen and oxygen atoms in total. The number of amides is 1. The van der Waals surface area contributed by atoms with Crippen LogP contribution in [0.3, 0.4) is 0 Å². The summed E-state index contributed by atoms with van der Waals surface area (Å²) in [4.78, 5) is 40.2. The maximum Gasteiger partial charge on any atom is 0.356 e. The van der Waals surface area contributed by atoms with Crippen LogP contribution in [0.15, 0.2) is 42.9 Å². The van der Waals surface area contributed by atoms with E-state index in [1.165, 1.54) is 13.4 Å². The fourth-order valence-corrected chi connectivity index (χ4v) is 4.74. The average Bonchev–Trinajstić information content (AvgIpc) is 3.11. The van der Waals surface area contributed by atoms with Crippen molar-refractivity contribution in [3.63, 3.8) is 0 Å². The molecule has 0 N–H and O–H groups in total. The third kappa shape index (κ3) is 4.05. The number of fused-ring (bicyclic) bond motifs is 1. The summed E-state index contributed by atoms with van der Waals surface area (Å²) in [5.41, 5.74) is 1.18. The smallest absolute Gasteiger partial charge is 0.356 e. The van der Waals surface area contributed by atoms with Crippen LogP contribution in [0.25, 0.3) is 0 Å². The molecule has 1 amide bonds. The van der Waals surface area contributed by atoms with E-state index in [-0.39, 0.29) is 29.2 Å². The number of nitrogens with zero attached hydrogens (tertiary/aromatic N) is 4. The number of hydrogen-bond acceptors (Lipinski definition) is 8. The Morgan fingerprint density at radius 2 is 1.89 bits per heavy atom. The van der Waals surface area contributed by atoms with Crippen molar-refractivity contribution in [3.05, 3.63) is 70.4 Å². The second-order valence-electron chi connectivity index (χ2n) is 8.32. The van der Waals surface area contributed by atoms with Gasteiger partial charge in [0.05, 0.1) is 33.3 Å². The third-order valence-corrected chi connectivity index (χ3v) is 6.90. The molecular formula is C25H25ClN4O5. The number of rotatable bonds is 7. The normalized spacial score (nSPS) is 17.7. The fourth-order valence-electron chi connectivity index (χ4n) is 4.41. The zero-order chi connectivity index (χ0) is 25.3. The molecular weight excluding hydrogens is 472 g/mol. The minimum absolute atomic E-state index is 0.182. The van der Waals surface area contributed by atoms with Gasteiger partial charge in [0.2, 0.25) is 5.91 Å². The van der Waals surface area contributed by atoms with E-state index < -0.39 is 11.4 Å². The lowest BCUT2D eigenvalue weighted by molar-refractivity contribution is -0.123. The molecule has 3 heterocycles. The highest BCUT2D eigenvalue weighted by atomic mass is 35.5. The van der Waals surface area contributed by atoms with Crippen molar-refractivity contribution in [3.8, 4) is 11.5 Å². The van der Waals surface area contributed by atoms with E-state index in [4.69, 9.17) is 25.8 Å². The van der Waals surface area contributed by atoms with Crippen LogP contribution in [0, 0.1) is 0 Å². The van der Waals surface area contributed by atoms with Crippen molar-refractivity contribution in [1.29, 1.82) is 0 Å². The summed E-state index contributed by atoms with van der Waals surface area (Å²) >= 11 is 6.55. The maximum atomic E-state index is 14.0. The molecule has 0 aliphatic carbocycles. The first-order chi connectivity index (χ1) is 16.8. The van der Waals surface area contributed by atoms with Gasteiger partial charge in [-0.1, -0.05) is 24.6 Å². The topological polar surface area (TPSA) is 104 Å². The lowest BCUT2D eigenvalue weighted by Crippen LogP contribution is -2.41. The van der Waals surface area contributed by atoms with E-state index in [1.807, 2.05) is 26.0 Å². The van der Waals surface area contributed by atoms with Crippen molar-refractivity contribution in [2.75, 3.05) is 26.2 Å². The quantitative estimate of drug-likeness (QED) is 0.358. The van der Waals surface area contributed by atoms with Gasteiger partial charge < -0.3 is 14.2 Å². The van der Waals surface area contributed by atoms with E-state index >= 15 is 0 Å². The molecule has 0 bridgehead atoms. The van der Waals surface area contributed by atoms with Crippen LogP contribution in [0.1, 0.15) is 46.9 Å². The Bertz CT molecular complexity index is 1280. The van der Waals surface area contributed by atoms with Crippen LogP contribution in [-0.4, -0.2) is 48.2 Å². The first-order valence-corrected chi connectivity index (χ1v) is 11.2. The predicted octanol–water partition coefficient (Wildman–Crippen LogP) is 3.94. The Labute approximate surface area is 208 Å². The Morgan fingerprint density at radius 1 is 1.11 bits per heavy atom. The van der Waals surface area contributed by atoms with Crippen molar-refractivity contribution in [2.45, 2.75) is 31.7 Å². The highest BCUT2D eigenvalue weighted by molar-refractivity contribution is 6.32. The first-order valence-electron chi connectivity index (χ1n) is 10.8. The second kappa shape index (κ2) is 9.50. The summed E-state index contributed by atoms with van der Waals surface area (Å²) in [6.07, 6.45) is 2.91. The van der Waals surface area contributed by atoms with E-state index in [0.717, 1.165) is 11.1 Å². The van der Waals surface area contributed by atoms with Crippen LogP contribution in [0.5, 0.6) is 11.5 Å². The van der Waals surface area contributed by atoms with Gasteiger partial charge in [-0.25, -0.2) is 19.7 Å². The molecule has 3 aromatic rings. The Kier molecular flexibility index (Phi) is 6.62. The SMILES string of the molecule is COC(=O)c1ccc([C@@H](C)[C@@]2(C)C(=O)N(Cc3ccc(OC)cc3OC)c3ncnc(Cl)c32)cn1. The number of carbonyl (C=O) groups is 2. The van der Waals surface area contributed by atoms with Gasteiger partial charge in [0.15, 0.2) is 0 Å². The molecule has 0 unspecified atom stereocenters. The number of ether oxygens (including phenoxy) is 3. The lowest BCUT2D eigenvalue weighted by atomic mass is 9.71. The molecule has 35 heavy (non-hydrogen) atoms. The zero-order valence-corrected chi connectivity index (χ0v) is 20.8. The van der Waals surface area contributed by atoms with Gasteiger partial charge in [0, 0.05) is 29.3 Å². The van der Waals surface area contributed by atoms with Crippen LogP contribution in [0.2, 0.25) is 5.15 Å².